The van der Waals surface area contributed by atoms with E-state index >= 15 is 0 Å². The van der Waals surface area contributed by atoms with Crippen LogP contribution in [0.15, 0.2) is 36.4 Å². The van der Waals surface area contributed by atoms with Crippen LogP contribution in [0.25, 0.3) is 22.3 Å². The molecule has 3 rings (SSSR count). The van der Waals surface area contributed by atoms with Crippen LogP contribution in [0.4, 0.5) is 4.39 Å². The van der Waals surface area contributed by atoms with Crippen LogP contribution in [0, 0.1) is 5.82 Å². The Kier molecular flexibility index (Phi) is 2.25. The van der Waals surface area contributed by atoms with E-state index in [1.807, 2.05) is 0 Å². The zero-order valence-corrected chi connectivity index (χ0v) is 9.55. The molecule has 0 aliphatic heterocycles. The van der Waals surface area contributed by atoms with Crippen molar-refractivity contribution in [2.45, 2.75) is 13.3 Å². The Bertz CT molecular complexity index is 615. The van der Waals surface area contributed by atoms with E-state index in [1.54, 1.807) is 12.1 Å². The average molecular weight is 228 g/mol. The monoisotopic (exact) mass is 228 g/mol. The van der Waals surface area contributed by atoms with Gasteiger partial charge in [-0.1, -0.05) is 6.92 Å². The number of aromatic amines is 2. The molecule has 0 radical (unpaired) electrons. The molecule has 0 unspecified atom stereocenters. The van der Waals surface area contributed by atoms with E-state index in [2.05, 4.69) is 29.0 Å². The van der Waals surface area contributed by atoms with E-state index in [4.69, 9.17) is 0 Å². The normalized spacial score (nSPS) is 11.2. The summed E-state index contributed by atoms with van der Waals surface area (Å²) in [5.74, 6) is -0.209. The van der Waals surface area contributed by atoms with Crippen molar-refractivity contribution in [1.29, 1.82) is 0 Å². The van der Waals surface area contributed by atoms with Gasteiger partial charge in [0.05, 0.1) is 0 Å². The number of rotatable bonds is 2. The van der Waals surface area contributed by atoms with Crippen molar-refractivity contribution in [3.63, 3.8) is 0 Å². The molecular formula is C14H13FN2. The van der Waals surface area contributed by atoms with Crippen molar-refractivity contribution >= 4 is 11.0 Å². The molecule has 0 saturated heterocycles. The lowest BCUT2D eigenvalue weighted by Gasteiger charge is -1.97. The highest BCUT2D eigenvalue weighted by Crippen LogP contribution is 2.24. The standard InChI is InChI=1S/C14H13FN2/c1-2-12-7-10-8-13(17-14(10)16-12)9-3-5-11(15)6-4-9/h3-8,16-17H,2H2,1H3. The second-order valence-electron chi connectivity index (χ2n) is 4.17. The van der Waals surface area contributed by atoms with Crippen LogP contribution >= 0.6 is 0 Å². The number of H-pyrrole nitrogens is 2. The first-order valence-corrected chi connectivity index (χ1v) is 5.73. The lowest BCUT2D eigenvalue weighted by molar-refractivity contribution is 0.628. The molecule has 2 aromatic heterocycles. The Balaban J connectivity index is 2.06. The van der Waals surface area contributed by atoms with Crippen molar-refractivity contribution < 1.29 is 4.39 Å². The van der Waals surface area contributed by atoms with E-state index in [1.165, 1.54) is 23.2 Å². The van der Waals surface area contributed by atoms with Gasteiger partial charge in [-0.05, 0) is 48.4 Å². The number of hydrogen-bond acceptors (Lipinski definition) is 0. The summed E-state index contributed by atoms with van der Waals surface area (Å²) in [5.41, 5.74) is 4.25. The summed E-state index contributed by atoms with van der Waals surface area (Å²) in [6.45, 7) is 2.12. The number of aryl methyl sites for hydroxylation is 1. The molecule has 3 aromatic rings. The number of nitrogens with one attached hydrogen (secondary N) is 2. The first-order valence-electron chi connectivity index (χ1n) is 5.73. The Labute approximate surface area is 98.5 Å². The van der Waals surface area contributed by atoms with Gasteiger partial charge in [0.15, 0.2) is 0 Å². The molecule has 17 heavy (non-hydrogen) atoms. The van der Waals surface area contributed by atoms with Gasteiger partial charge in [0.1, 0.15) is 11.5 Å². The first-order chi connectivity index (χ1) is 8.26. The minimum Gasteiger partial charge on any atom is -0.345 e. The third kappa shape index (κ3) is 1.73. The minimum atomic E-state index is -0.209. The van der Waals surface area contributed by atoms with Crippen LogP contribution in [0.1, 0.15) is 12.6 Å². The predicted octanol–water partition coefficient (Wildman–Crippen LogP) is 3.86. The maximum absolute atomic E-state index is 12.8. The fourth-order valence-electron chi connectivity index (χ4n) is 2.05. The number of fused-ring (bicyclic) bond motifs is 1. The quantitative estimate of drug-likeness (QED) is 0.667. The number of aromatic nitrogens is 2. The van der Waals surface area contributed by atoms with Gasteiger partial charge < -0.3 is 9.97 Å². The highest BCUT2D eigenvalue weighted by molar-refractivity contribution is 5.84. The third-order valence-corrected chi connectivity index (χ3v) is 3.00. The molecule has 0 saturated carbocycles. The van der Waals surface area contributed by atoms with Crippen molar-refractivity contribution in [2.24, 2.45) is 0 Å². The highest BCUT2D eigenvalue weighted by Gasteiger charge is 2.06. The lowest BCUT2D eigenvalue weighted by atomic mass is 10.1. The fourth-order valence-corrected chi connectivity index (χ4v) is 2.05. The van der Waals surface area contributed by atoms with Crippen LogP contribution in [-0.4, -0.2) is 9.97 Å². The van der Waals surface area contributed by atoms with Gasteiger partial charge in [-0.2, -0.15) is 0 Å². The smallest absolute Gasteiger partial charge is 0.123 e. The second kappa shape index (κ2) is 3.77. The molecule has 2 N–H and O–H groups in total. The Morgan fingerprint density at radius 3 is 2.47 bits per heavy atom. The lowest BCUT2D eigenvalue weighted by Crippen LogP contribution is -1.81. The molecular weight excluding hydrogens is 215 g/mol. The van der Waals surface area contributed by atoms with E-state index in [0.29, 0.717) is 0 Å². The summed E-state index contributed by atoms with van der Waals surface area (Å²) in [7, 11) is 0. The summed E-state index contributed by atoms with van der Waals surface area (Å²) < 4.78 is 12.8. The van der Waals surface area contributed by atoms with Gasteiger partial charge in [0.25, 0.3) is 0 Å². The first kappa shape index (κ1) is 10.1. The number of hydrogen-bond donors (Lipinski definition) is 2. The Hall–Kier alpha value is -2.03. The van der Waals surface area contributed by atoms with Crippen LogP contribution in [0.2, 0.25) is 0 Å². The summed E-state index contributed by atoms with van der Waals surface area (Å²) in [5, 5.41) is 1.17. The topological polar surface area (TPSA) is 31.6 Å². The molecule has 86 valence electrons. The van der Waals surface area contributed by atoms with E-state index in [-0.39, 0.29) is 5.82 Å². The molecule has 0 amide bonds. The van der Waals surface area contributed by atoms with Gasteiger partial charge in [-0.25, -0.2) is 4.39 Å². The van der Waals surface area contributed by atoms with Gasteiger partial charge in [0, 0.05) is 16.8 Å². The fraction of sp³-hybridized carbons (Fsp3) is 0.143. The van der Waals surface area contributed by atoms with E-state index in [9.17, 15) is 4.39 Å². The van der Waals surface area contributed by atoms with Gasteiger partial charge in [-0.15, -0.1) is 0 Å². The van der Waals surface area contributed by atoms with Crippen molar-refractivity contribution in [3.8, 4) is 11.3 Å². The Morgan fingerprint density at radius 2 is 1.82 bits per heavy atom. The molecule has 3 heteroatoms. The number of halogens is 1. The molecule has 0 bridgehead atoms. The molecule has 1 aromatic carbocycles. The van der Waals surface area contributed by atoms with Crippen LogP contribution in [0.3, 0.4) is 0 Å². The molecule has 0 fully saturated rings. The SMILES string of the molecule is CCc1cc2cc(-c3ccc(F)cc3)[nH]c2[nH]1. The molecule has 0 spiro atoms. The molecule has 0 aliphatic rings. The molecule has 2 heterocycles. The summed E-state index contributed by atoms with van der Waals surface area (Å²) in [6.07, 6.45) is 0.994. The largest absolute Gasteiger partial charge is 0.345 e. The van der Waals surface area contributed by atoms with Crippen molar-refractivity contribution in [1.82, 2.24) is 9.97 Å². The maximum atomic E-state index is 12.8. The zero-order chi connectivity index (χ0) is 11.8. The van der Waals surface area contributed by atoms with Crippen molar-refractivity contribution in [3.05, 3.63) is 47.9 Å². The minimum absolute atomic E-state index is 0.209. The number of benzene rings is 1. The van der Waals surface area contributed by atoms with Gasteiger partial charge >= 0.3 is 0 Å². The zero-order valence-electron chi connectivity index (χ0n) is 9.55. The molecule has 2 nitrogen and oxygen atoms in total. The van der Waals surface area contributed by atoms with Gasteiger partial charge in [-0.3, -0.25) is 0 Å². The Morgan fingerprint density at radius 1 is 1.06 bits per heavy atom. The maximum Gasteiger partial charge on any atom is 0.123 e. The van der Waals surface area contributed by atoms with E-state index in [0.717, 1.165) is 23.3 Å². The van der Waals surface area contributed by atoms with E-state index < -0.39 is 0 Å². The van der Waals surface area contributed by atoms with Crippen LogP contribution in [-0.2, 0) is 6.42 Å². The molecule has 0 aliphatic carbocycles. The van der Waals surface area contributed by atoms with Crippen LogP contribution in [0.5, 0.6) is 0 Å². The summed E-state index contributed by atoms with van der Waals surface area (Å²) >= 11 is 0. The van der Waals surface area contributed by atoms with Gasteiger partial charge in [0.2, 0.25) is 0 Å². The van der Waals surface area contributed by atoms with Crippen LogP contribution < -0.4 is 0 Å². The summed E-state index contributed by atoms with van der Waals surface area (Å²) in [4.78, 5) is 6.63. The predicted molar refractivity (Wildman–Crippen MR) is 67.4 cm³/mol. The summed E-state index contributed by atoms with van der Waals surface area (Å²) in [6, 6.07) is 10.7. The van der Waals surface area contributed by atoms with Crippen molar-refractivity contribution in [2.75, 3.05) is 0 Å². The third-order valence-electron chi connectivity index (χ3n) is 3.00. The second-order valence-corrected chi connectivity index (χ2v) is 4.17. The highest BCUT2D eigenvalue weighted by atomic mass is 19.1. The average Bonchev–Trinajstić information content (AvgIpc) is 2.87. The molecule has 0 atom stereocenters.